The van der Waals surface area contributed by atoms with E-state index in [0.29, 0.717) is 21.6 Å². The summed E-state index contributed by atoms with van der Waals surface area (Å²) in [5, 5.41) is 5.22. The van der Waals surface area contributed by atoms with Gasteiger partial charge in [0.05, 0.1) is 34.6 Å². The number of halogens is 2. The van der Waals surface area contributed by atoms with Crippen LogP contribution in [0.15, 0.2) is 35.5 Å². The third kappa shape index (κ3) is 4.18. The molecule has 1 aliphatic heterocycles. The molecule has 2 unspecified atom stereocenters. The quantitative estimate of drug-likeness (QED) is 0.698. The highest BCUT2D eigenvalue weighted by molar-refractivity contribution is 6.42. The Morgan fingerprint density at radius 2 is 1.96 bits per heavy atom. The topological polar surface area (TPSA) is 65.7 Å². The first-order valence-corrected chi connectivity index (χ1v) is 9.24. The van der Waals surface area contributed by atoms with Gasteiger partial charge in [-0.1, -0.05) is 29.3 Å². The minimum atomic E-state index is -0.700. The molecule has 1 aliphatic rings. The van der Waals surface area contributed by atoms with Crippen molar-refractivity contribution < 1.29 is 14.3 Å². The van der Waals surface area contributed by atoms with Gasteiger partial charge in [0, 0.05) is 13.2 Å². The number of hydrogen-bond donors (Lipinski definition) is 0. The van der Waals surface area contributed by atoms with Crippen molar-refractivity contribution in [2.24, 2.45) is 10.9 Å². The fraction of sp³-hybridized carbons (Fsp3) is 0.421. The summed E-state index contributed by atoms with van der Waals surface area (Å²) in [6, 6.07) is 6.59. The van der Waals surface area contributed by atoms with Crippen molar-refractivity contribution in [3.05, 3.63) is 46.1 Å². The van der Waals surface area contributed by atoms with E-state index < -0.39 is 23.5 Å². The number of fused-ring (bicyclic) bond motifs is 1. The first-order valence-electron chi connectivity index (χ1n) is 8.49. The monoisotopic (exact) mass is 409 g/mol. The average Bonchev–Trinajstić information content (AvgIpc) is 3.03. The molecular weight excluding hydrogens is 389 g/mol. The Morgan fingerprint density at radius 1 is 1.22 bits per heavy atom. The van der Waals surface area contributed by atoms with E-state index in [1.165, 1.54) is 0 Å². The Kier molecular flexibility index (Phi) is 5.60. The van der Waals surface area contributed by atoms with Gasteiger partial charge in [0.1, 0.15) is 11.5 Å². The first-order chi connectivity index (χ1) is 12.7. The number of hydrogen-bond acceptors (Lipinski definition) is 5. The molecule has 1 aromatic carbocycles. The van der Waals surface area contributed by atoms with E-state index in [9.17, 15) is 4.79 Å². The predicted octanol–water partition coefficient (Wildman–Crippen LogP) is 4.47. The Hall–Kier alpha value is -1.89. The van der Waals surface area contributed by atoms with Gasteiger partial charge in [-0.3, -0.25) is 4.79 Å². The maximum atomic E-state index is 13.1. The van der Waals surface area contributed by atoms with Crippen LogP contribution in [0, 0.1) is 5.92 Å². The fourth-order valence-electron chi connectivity index (χ4n) is 3.08. The van der Waals surface area contributed by atoms with E-state index in [4.69, 9.17) is 32.7 Å². The van der Waals surface area contributed by atoms with Crippen molar-refractivity contribution in [3.8, 4) is 0 Å². The second-order valence-electron chi connectivity index (χ2n) is 7.30. The molecule has 2 aromatic rings. The molecule has 0 saturated carbocycles. The highest BCUT2D eigenvalue weighted by Gasteiger charge is 2.42. The summed E-state index contributed by atoms with van der Waals surface area (Å²) in [6.45, 7) is 5.68. The van der Waals surface area contributed by atoms with E-state index >= 15 is 0 Å². The minimum Gasteiger partial charge on any atom is -0.459 e. The van der Waals surface area contributed by atoms with Crippen LogP contribution in [-0.2, 0) is 14.3 Å². The lowest BCUT2D eigenvalue weighted by molar-refractivity contribution is -0.158. The summed E-state index contributed by atoms with van der Waals surface area (Å²) in [7, 11) is 1.56. The first kappa shape index (κ1) is 19.9. The van der Waals surface area contributed by atoms with Gasteiger partial charge in [-0.15, -0.1) is 0 Å². The Labute approximate surface area is 168 Å². The van der Waals surface area contributed by atoms with Crippen molar-refractivity contribution in [1.82, 2.24) is 9.78 Å². The summed E-state index contributed by atoms with van der Waals surface area (Å²) in [5.41, 5.74) is 0.728. The molecule has 6 nitrogen and oxygen atoms in total. The number of benzene rings is 1. The van der Waals surface area contributed by atoms with E-state index in [-0.39, 0.29) is 6.61 Å². The maximum absolute atomic E-state index is 13.1. The van der Waals surface area contributed by atoms with Gasteiger partial charge in [0.15, 0.2) is 5.82 Å². The number of methoxy groups -OCH3 is 1. The summed E-state index contributed by atoms with van der Waals surface area (Å²) in [6.07, 6.45) is 1.64. The standard InChI is InChI=1S/C19H21Cl2N3O3/c1-19(2,3)27-18(25)16-14(10-26-4)23-15-7-8-22-24(15)17(16)11-5-6-12(20)13(21)9-11/h5-9,16-17H,10H2,1-4H3. The van der Waals surface area contributed by atoms with Crippen LogP contribution in [0.25, 0.3) is 0 Å². The molecule has 0 bridgehead atoms. The van der Waals surface area contributed by atoms with Crippen LogP contribution in [-0.4, -0.2) is 40.8 Å². The van der Waals surface area contributed by atoms with Crippen LogP contribution in [0.5, 0.6) is 0 Å². The number of rotatable bonds is 4. The van der Waals surface area contributed by atoms with Gasteiger partial charge in [0.2, 0.25) is 0 Å². The number of aromatic nitrogens is 2. The van der Waals surface area contributed by atoms with Crippen molar-refractivity contribution in [2.75, 3.05) is 13.7 Å². The third-order valence-electron chi connectivity index (χ3n) is 4.08. The van der Waals surface area contributed by atoms with E-state index in [2.05, 4.69) is 10.1 Å². The minimum absolute atomic E-state index is 0.201. The maximum Gasteiger partial charge on any atom is 0.317 e. The lowest BCUT2D eigenvalue weighted by Gasteiger charge is -2.33. The smallest absolute Gasteiger partial charge is 0.317 e. The van der Waals surface area contributed by atoms with Crippen LogP contribution < -0.4 is 0 Å². The Morgan fingerprint density at radius 3 is 2.59 bits per heavy atom. The zero-order chi connectivity index (χ0) is 19.8. The van der Waals surface area contributed by atoms with Crippen molar-refractivity contribution in [2.45, 2.75) is 32.4 Å². The number of nitrogens with zero attached hydrogens (tertiary/aromatic N) is 3. The van der Waals surface area contributed by atoms with Gasteiger partial charge in [-0.05, 0) is 38.5 Å². The largest absolute Gasteiger partial charge is 0.459 e. The molecule has 0 aliphatic carbocycles. The molecular formula is C19H21Cl2N3O3. The second-order valence-corrected chi connectivity index (χ2v) is 8.11. The van der Waals surface area contributed by atoms with Crippen LogP contribution in [0.4, 0.5) is 5.82 Å². The Balaban J connectivity index is 2.14. The van der Waals surface area contributed by atoms with Crippen molar-refractivity contribution >= 4 is 40.7 Å². The molecule has 3 rings (SSSR count). The molecule has 27 heavy (non-hydrogen) atoms. The second kappa shape index (κ2) is 7.62. The molecule has 0 N–H and O–H groups in total. The van der Waals surface area contributed by atoms with Crippen molar-refractivity contribution in [3.63, 3.8) is 0 Å². The lowest BCUT2D eigenvalue weighted by Crippen LogP contribution is -2.42. The molecule has 0 radical (unpaired) electrons. The van der Waals surface area contributed by atoms with Gasteiger partial charge >= 0.3 is 5.97 Å². The molecule has 2 heterocycles. The molecule has 144 valence electrons. The van der Waals surface area contributed by atoms with Crippen LogP contribution in [0.1, 0.15) is 32.4 Å². The number of carbonyl (C=O) groups excluding carboxylic acids is 1. The number of carbonyl (C=O) groups is 1. The third-order valence-corrected chi connectivity index (χ3v) is 4.82. The summed E-state index contributed by atoms with van der Waals surface area (Å²) in [5.74, 6) is -0.456. The molecule has 0 spiro atoms. The van der Waals surface area contributed by atoms with Crippen LogP contribution >= 0.6 is 23.2 Å². The molecule has 1 aromatic heterocycles. The number of ether oxygens (including phenoxy) is 2. The number of esters is 1. The lowest BCUT2D eigenvalue weighted by atomic mass is 9.87. The molecule has 2 atom stereocenters. The van der Waals surface area contributed by atoms with Crippen LogP contribution in [0.2, 0.25) is 10.0 Å². The molecule has 0 amide bonds. The Bertz CT molecular complexity index is 887. The fourth-order valence-corrected chi connectivity index (χ4v) is 3.39. The predicted molar refractivity (Wildman–Crippen MR) is 105 cm³/mol. The highest BCUT2D eigenvalue weighted by Crippen LogP contribution is 2.39. The summed E-state index contributed by atoms with van der Waals surface area (Å²) < 4.78 is 12.7. The van der Waals surface area contributed by atoms with E-state index in [1.807, 2.05) is 26.8 Å². The molecule has 0 fully saturated rings. The SMILES string of the molecule is COCC1=Nc2ccnn2C(c2ccc(Cl)c(Cl)c2)C1C(=O)OC(C)(C)C. The number of aliphatic imine (C=N–C) groups is 1. The van der Waals surface area contributed by atoms with Gasteiger partial charge in [-0.2, -0.15) is 5.10 Å². The van der Waals surface area contributed by atoms with E-state index in [0.717, 1.165) is 5.56 Å². The van der Waals surface area contributed by atoms with Gasteiger partial charge < -0.3 is 9.47 Å². The average molecular weight is 410 g/mol. The van der Waals surface area contributed by atoms with Gasteiger partial charge in [-0.25, -0.2) is 9.67 Å². The van der Waals surface area contributed by atoms with Crippen LogP contribution in [0.3, 0.4) is 0 Å². The molecule has 0 saturated heterocycles. The van der Waals surface area contributed by atoms with Crippen molar-refractivity contribution in [1.29, 1.82) is 0 Å². The molecule has 8 heteroatoms. The zero-order valence-electron chi connectivity index (χ0n) is 15.6. The van der Waals surface area contributed by atoms with E-state index in [1.54, 1.807) is 36.2 Å². The normalized spacial score (nSPS) is 19.4. The summed E-state index contributed by atoms with van der Waals surface area (Å²) >= 11 is 12.3. The highest BCUT2D eigenvalue weighted by atomic mass is 35.5. The zero-order valence-corrected chi connectivity index (χ0v) is 17.1. The van der Waals surface area contributed by atoms with Gasteiger partial charge in [0.25, 0.3) is 0 Å². The summed E-state index contributed by atoms with van der Waals surface area (Å²) in [4.78, 5) is 17.7.